The van der Waals surface area contributed by atoms with Crippen LogP contribution in [0, 0.1) is 5.82 Å². The van der Waals surface area contributed by atoms with Crippen LogP contribution in [0.15, 0.2) is 48.5 Å². The van der Waals surface area contributed by atoms with Crippen LogP contribution in [0.4, 0.5) is 15.8 Å². The smallest absolute Gasteiger partial charge is 0.243 e. The highest BCUT2D eigenvalue weighted by atomic mass is 19.1. The standard InChI is InChI=1S/C25H30FN5O4/c1-35-19-8-6-18(7-9-19)28-23(32)16-22-25(34)27-10-11-31(22)24(33)17-29-12-14-30(15-13-29)21-5-3-2-4-20(21)26/h2-9,22H,10-17H2,1H3,(H,27,34)(H,28,32)/t22-/m1/s1. The number of anilines is 2. The Hall–Kier alpha value is -3.66. The minimum absolute atomic E-state index is 0.134. The van der Waals surface area contributed by atoms with Crippen molar-refractivity contribution in [3.05, 3.63) is 54.3 Å². The molecule has 9 nitrogen and oxygen atoms in total. The Bertz CT molecular complexity index is 1060. The molecule has 2 aliphatic heterocycles. The fraction of sp³-hybridized carbons (Fsp3) is 0.400. The second-order valence-corrected chi connectivity index (χ2v) is 8.59. The van der Waals surface area contributed by atoms with Crippen molar-refractivity contribution in [2.45, 2.75) is 12.5 Å². The number of para-hydroxylation sites is 1. The van der Waals surface area contributed by atoms with Crippen molar-refractivity contribution in [3.8, 4) is 5.75 Å². The number of benzene rings is 2. The lowest BCUT2D eigenvalue weighted by atomic mass is 10.1. The summed E-state index contributed by atoms with van der Waals surface area (Å²) in [7, 11) is 1.56. The maximum absolute atomic E-state index is 14.1. The average molecular weight is 484 g/mol. The molecule has 2 fully saturated rings. The van der Waals surface area contributed by atoms with Crippen molar-refractivity contribution in [2.75, 3.05) is 63.1 Å². The number of hydrogen-bond donors (Lipinski definition) is 2. The number of hydrogen-bond acceptors (Lipinski definition) is 6. The van der Waals surface area contributed by atoms with Crippen molar-refractivity contribution in [3.63, 3.8) is 0 Å². The minimum atomic E-state index is -0.866. The maximum Gasteiger partial charge on any atom is 0.243 e. The van der Waals surface area contributed by atoms with E-state index in [0.717, 1.165) is 0 Å². The van der Waals surface area contributed by atoms with Crippen LogP contribution < -0.4 is 20.3 Å². The van der Waals surface area contributed by atoms with Gasteiger partial charge < -0.3 is 25.2 Å². The Kier molecular flexibility index (Phi) is 7.81. The van der Waals surface area contributed by atoms with Gasteiger partial charge in [0.25, 0.3) is 0 Å². The molecule has 0 spiro atoms. The number of carbonyl (C=O) groups is 3. The number of piperazine rings is 2. The first-order chi connectivity index (χ1) is 16.9. The van der Waals surface area contributed by atoms with Gasteiger partial charge in [-0.3, -0.25) is 19.3 Å². The van der Waals surface area contributed by atoms with Gasteiger partial charge in [0.1, 0.15) is 17.6 Å². The van der Waals surface area contributed by atoms with E-state index in [0.29, 0.717) is 56.4 Å². The Morgan fingerprint density at radius 2 is 1.77 bits per heavy atom. The van der Waals surface area contributed by atoms with Crippen molar-refractivity contribution in [1.82, 2.24) is 15.1 Å². The second kappa shape index (κ2) is 11.2. The van der Waals surface area contributed by atoms with E-state index in [1.54, 1.807) is 49.6 Å². The summed E-state index contributed by atoms with van der Waals surface area (Å²) in [5, 5.41) is 5.52. The van der Waals surface area contributed by atoms with Gasteiger partial charge in [-0.2, -0.15) is 0 Å². The molecule has 0 unspecified atom stereocenters. The third-order valence-corrected chi connectivity index (χ3v) is 6.33. The Labute approximate surface area is 203 Å². The maximum atomic E-state index is 14.1. The van der Waals surface area contributed by atoms with Crippen LogP contribution in [0.2, 0.25) is 0 Å². The number of rotatable bonds is 7. The van der Waals surface area contributed by atoms with E-state index in [1.807, 2.05) is 9.80 Å². The summed E-state index contributed by atoms with van der Waals surface area (Å²) in [6.07, 6.45) is -0.134. The molecular weight excluding hydrogens is 453 g/mol. The van der Waals surface area contributed by atoms with Crippen molar-refractivity contribution >= 4 is 29.1 Å². The Balaban J connectivity index is 1.32. The summed E-state index contributed by atoms with van der Waals surface area (Å²) in [4.78, 5) is 43.8. The lowest BCUT2D eigenvalue weighted by Crippen LogP contribution is -2.60. The summed E-state index contributed by atoms with van der Waals surface area (Å²) in [5.41, 5.74) is 1.15. The average Bonchev–Trinajstić information content (AvgIpc) is 2.86. The van der Waals surface area contributed by atoms with Crippen LogP contribution in [0.3, 0.4) is 0 Å². The third kappa shape index (κ3) is 6.07. The fourth-order valence-electron chi connectivity index (χ4n) is 4.42. The molecule has 2 N–H and O–H groups in total. The van der Waals surface area contributed by atoms with Crippen molar-refractivity contribution < 1.29 is 23.5 Å². The van der Waals surface area contributed by atoms with Gasteiger partial charge in [0, 0.05) is 45.0 Å². The summed E-state index contributed by atoms with van der Waals surface area (Å²) in [6.45, 7) is 3.24. The number of methoxy groups -OCH3 is 1. The summed E-state index contributed by atoms with van der Waals surface area (Å²) in [6, 6.07) is 12.7. The van der Waals surface area contributed by atoms with Crippen LogP contribution in [0.5, 0.6) is 5.75 Å². The molecule has 2 aromatic carbocycles. The monoisotopic (exact) mass is 483 g/mol. The van der Waals surface area contributed by atoms with Crippen LogP contribution in [0.1, 0.15) is 6.42 Å². The molecule has 2 saturated heterocycles. The van der Waals surface area contributed by atoms with Gasteiger partial charge in [-0.15, -0.1) is 0 Å². The van der Waals surface area contributed by atoms with Crippen molar-refractivity contribution in [1.29, 1.82) is 0 Å². The largest absolute Gasteiger partial charge is 0.497 e. The van der Waals surface area contributed by atoms with E-state index < -0.39 is 6.04 Å². The highest BCUT2D eigenvalue weighted by Crippen LogP contribution is 2.21. The van der Waals surface area contributed by atoms with Crippen LogP contribution in [-0.4, -0.2) is 86.5 Å². The highest BCUT2D eigenvalue weighted by Gasteiger charge is 2.35. The first kappa shape index (κ1) is 24.5. The zero-order chi connectivity index (χ0) is 24.8. The highest BCUT2D eigenvalue weighted by molar-refractivity contribution is 5.97. The molecule has 0 saturated carbocycles. The van der Waals surface area contributed by atoms with E-state index in [2.05, 4.69) is 10.6 Å². The quantitative estimate of drug-likeness (QED) is 0.617. The molecule has 0 radical (unpaired) electrons. The second-order valence-electron chi connectivity index (χ2n) is 8.59. The predicted molar refractivity (Wildman–Crippen MR) is 130 cm³/mol. The van der Waals surface area contributed by atoms with Gasteiger partial charge in [0.05, 0.1) is 25.8 Å². The Morgan fingerprint density at radius 1 is 1.06 bits per heavy atom. The lowest BCUT2D eigenvalue weighted by molar-refractivity contribution is -0.145. The van der Waals surface area contributed by atoms with Gasteiger partial charge in [0.2, 0.25) is 17.7 Å². The number of nitrogens with one attached hydrogen (secondary N) is 2. The number of amides is 3. The molecule has 2 heterocycles. The predicted octanol–water partition coefficient (Wildman–Crippen LogP) is 1.31. The zero-order valence-electron chi connectivity index (χ0n) is 19.7. The number of nitrogens with zero attached hydrogens (tertiary/aromatic N) is 3. The molecule has 0 aliphatic carbocycles. The summed E-state index contributed by atoms with van der Waals surface area (Å²) < 4.78 is 19.2. The van der Waals surface area contributed by atoms with Gasteiger partial charge >= 0.3 is 0 Å². The molecule has 2 aliphatic rings. The molecule has 35 heavy (non-hydrogen) atoms. The molecule has 4 rings (SSSR count). The third-order valence-electron chi connectivity index (χ3n) is 6.33. The molecule has 10 heteroatoms. The number of carbonyl (C=O) groups excluding carboxylic acids is 3. The molecule has 0 aromatic heterocycles. The molecular formula is C25H30FN5O4. The summed E-state index contributed by atoms with van der Waals surface area (Å²) >= 11 is 0. The molecule has 186 valence electrons. The molecule has 2 aromatic rings. The first-order valence-electron chi connectivity index (χ1n) is 11.7. The lowest BCUT2D eigenvalue weighted by Gasteiger charge is -2.39. The SMILES string of the molecule is COc1ccc(NC(=O)C[C@@H]2C(=O)NCCN2C(=O)CN2CCN(c3ccccc3F)CC2)cc1. The minimum Gasteiger partial charge on any atom is -0.497 e. The van der Waals surface area contributed by atoms with Crippen LogP contribution in [-0.2, 0) is 14.4 Å². The zero-order valence-corrected chi connectivity index (χ0v) is 19.7. The van der Waals surface area contributed by atoms with Crippen LogP contribution >= 0.6 is 0 Å². The topological polar surface area (TPSA) is 94.2 Å². The van der Waals surface area contributed by atoms with E-state index >= 15 is 0 Å². The molecule has 3 amide bonds. The van der Waals surface area contributed by atoms with E-state index in [9.17, 15) is 18.8 Å². The summed E-state index contributed by atoms with van der Waals surface area (Å²) in [5.74, 6) is -0.470. The fourth-order valence-corrected chi connectivity index (χ4v) is 4.42. The number of halogens is 1. The molecule has 0 bridgehead atoms. The van der Waals surface area contributed by atoms with E-state index in [4.69, 9.17) is 4.74 Å². The van der Waals surface area contributed by atoms with Crippen LogP contribution in [0.25, 0.3) is 0 Å². The first-order valence-corrected chi connectivity index (χ1v) is 11.7. The van der Waals surface area contributed by atoms with Gasteiger partial charge in [-0.25, -0.2) is 4.39 Å². The van der Waals surface area contributed by atoms with Crippen molar-refractivity contribution in [2.24, 2.45) is 0 Å². The number of ether oxygens (including phenoxy) is 1. The Morgan fingerprint density at radius 3 is 2.46 bits per heavy atom. The molecule has 1 atom stereocenters. The van der Waals surface area contributed by atoms with Gasteiger partial charge in [-0.05, 0) is 36.4 Å². The van der Waals surface area contributed by atoms with Gasteiger partial charge in [-0.1, -0.05) is 12.1 Å². The van der Waals surface area contributed by atoms with E-state index in [-0.39, 0.29) is 36.5 Å². The van der Waals surface area contributed by atoms with E-state index in [1.165, 1.54) is 11.0 Å². The van der Waals surface area contributed by atoms with Gasteiger partial charge in [0.15, 0.2) is 0 Å². The normalized spacial score (nSPS) is 18.7.